The number of halogens is 4. The normalized spacial score (nSPS) is 18.0. The number of benzene rings is 2. The Kier molecular flexibility index (Phi) is 13.0. The van der Waals surface area contributed by atoms with Crippen LogP contribution in [0.4, 0.5) is 18.0 Å². The molecule has 2 heterocycles. The van der Waals surface area contributed by atoms with E-state index in [4.69, 9.17) is 21.1 Å². The Balaban J connectivity index is 0.983. The minimum atomic E-state index is -4.51. The Hall–Kier alpha value is -4.21. The summed E-state index contributed by atoms with van der Waals surface area (Å²) in [5.41, 5.74) is 0.392. The molecule has 3 aromatic rings. The highest BCUT2D eigenvalue weighted by molar-refractivity contribution is 6.34. The average molecular weight is 776 g/mol. The Morgan fingerprint density at radius 2 is 1.63 bits per heavy atom. The molecule has 294 valence electrons. The first-order valence-corrected chi connectivity index (χ1v) is 18.5. The molecule has 1 aliphatic carbocycles. The van der Waals surface area contributed by atoms with E-state index in [2.05, 4.69) is 30.7 Å². The second kappa shape index (κ2) is 17.1. The van der Waals surface area contributed by atoms with Crippen molar-refractivity contribution in [3.05, 3.63) is 70.3 Å². The number of aromatic nitrogens is 3. The van der Waals surface area contributed by atoms with E-state index in [0.717, 1.165) is 50.2 Å². The van der Waals surface area contributed by atoms with Crippen LogP contribution in [0.2, 0.25) is 5.02 Å². The molecule has 1 saturated heterocycles. The van der Waals surface area contributed by atoms with E-state index in [1.165, 1.54) is 0 Å². The maximum Gasteiger partial charge on any atom is 0.410 e. The fourth-order valence-electron chi connectivity index (χ4n) is 5.98. The molecule has 2 aromatic carbocycles. The number of carbonyl (C=O) groups excluding carboxylic acids is 3. The van der Waals surface area contributed by atoms with Gasteiger partial charge in [-0.05, 0) is 82.2 Å². The van der Waals surface area contributed by atoms with Crippen molar-refractivity contribution in [1.29, 1.82) is 0 Å². The van der Waals surface area contributed by atoms with Crippen molar-refractivity contribution in [2.75, 3.05) is 52.5 Å². The fraction of sp³-hybridized carbons (Fsp3) is 0.553. The van der Waals surface area contributed by atoms with E-state index < -0.39 is 17.2 Å². The van der Waals surface area contributed by atoms with Gasteiger partial charge in [0.1, 0.15) is 16.8 Å². The number of ether oxygens (including phenoxy) is 2. The Labute approximate surface area is 318 Å². The molecule has 54 heavy (non-hydrogen) atoms. The number of amides is 3. The van der Waals surface area contributed by atoms with Gasteiger partial charge in [0, 0.05) is 51.8 Å². The molecule has 5 rings (SSSR count). The number of aromatic amines is 1. The Morgan fingerprint density at radius 3 is 2.28 bits per heavy atom. The smallest absolute Gasteiger partial charge is 0.410 e. The van der Waals surface area contributed by atoms with Gasteiger partial charge in [0.25, 0.3) is 5.91 Å². The number of hydrogen-bond donors (Lipinski definition) is 3. The third kappa shape index (κ3) is 10.7. The quantitative estimate of drug-likeness (QED) is 0.168. The van der Waals surface area contributed by atoms with Gasteiger partial charge in [0.05, 0.1) is 23.7 Å². The maximum absolute atomic E-state index is 13.3. The van der Waals surface area contributed by atoms with Gasteiger partial charge >= 0.3 is 12.3 Å². The maximum atomic E-state index is 13.3. The lowest BCUT2D eigenvalue weighted by atomic mass is 9.92. The molecule has 1 aliphatic heterocycles. The minimum Gasteiger partial charge on any atom is -0.444 e. The van der Waals surface area contributed by atoms with Crippen LogP contribution in [-0.2, 0) is 26.2 Å². The van der Waals surface area contributed by atoms with E-state index in [1.807, 2.05) is 51.1 Å². The van der Waals surface area contributed by atoms with Crippen LogP contribution in [0.25, 0.3) is 11.1 Å². The van der Waals surface area contributed by atoms with Gasteiger partial charge in [-0.2, -0.15) is 18.3 Å². The molecular formula is C38H49ClF3N7O5. The van der Waals surface area contributed by atoms with Gasteiger partial charge in [-0.1, -0.05) is 41.9 Å². The summed E-state index contributed by atoms with van der Waals surface area (Å²) in [4.78, 5) is 45.7. The van der Waals surface area contributed by atoms with Gasteiger partial charge < -0.3 is 25.0 Å². The lowest BCUT2D eigenvalue weighted by molar-refractivity contribution is -0.182. The minimum absolute atomic E-state index is 0.0296. The van der Waals surface area contributed by atoms with Crippen LogP contribution in [0, 0.1) is 5.92 Å². The summed E-state index contributed by atoms with van der Waals surface area (Å²) >= 11 is 6.52. The van der Waals surface area contributed by atoms with E-state index in [0.29, 0.717) is 56.3 Å². The van der Waals surface area contributed by atoms with Crippen molar-refractivity contribution in [3.8, 4) is 11.1 Å². The van der Waals surface area contributed by atoms with Crippen molar-refractivity contribution in [3.63, 3.8) is 0 Å². The second-order valence-electron chi connectivity index (χ2n) is 15.2. The van der Waals surface area contributed by atoms with Crippen LogP contribution < -0.4 is 10.6 Å². The van der Waals surface area contributed by atoms with E-state index in [9.17, 15) is 27.6 Å². The molecule has 1 aromatic heterocycles. The number of piperazine rings is 1. The highest BCUT2D eigenvalue weighted by Gasteiger charge is 2.51. The Morgan fingerprint density at radius 1 is 0.944 bits per heavy atom. The monoisotopic (exact) mass is 775 g/mol. The van der Waals surface area contributed by atoms with E-state index in [-0.39, 0.29) is 47.9 Å². The third-order valence-electron chi connectivity index (χ3n) is 9.57. The zero-order valence-corrected chi connectivity index (χ0v) is 32.1. The Bertz CT molecular complexity index is 1770. The summed E-state index contributed by atoms with van der Waals surface area (Å²) in [5, 5.41) is 12.2. The molecule has 0 bridgehead atoms. The van der Waals surface area contributed by atoms with E-state index in [1.54, 1.807) is 17.0 Å². The van der Waals surface area contributed by atoms with Crippen molar-refractivity contribution >= 4 is 29.5 Å². The molecule has 2 aliphatic rings. The van der Waals surface area contributed by atoms with Crippen molar-refractivity contribution in [2.45, 2.75) is 77.1 Å². The van der Waals surface area contributed by atoms with Crippen LogP contribution in [0.5, 0.6) is 0 Å². The summed E-state index contributed by atoms with van der Waals surface area (Å²) in [6.07, 6.45) is -3.48. The summed E-state index contributed by atoms with van der Waals surface area (Å²) in [6.45, 7) is 12.6. The zero-order valence-electron chi connectivity index (χ0n) is 31.3. The molecule has 0 radical (unpaired) electrons. The third-order valence-corrected chi connectivity index (χ3v) is 9.88. The zero-order chi connectivity index (χ0) is 39.3. The summed E-state index contributed by atoms with van der Waals surface area (Å²) in [7, 11) is 0. The lowest BCUT2D eigenvalue weighted by Crippen LogP contribution is -2.50. The lowest BCUT2D eigenvalue weighted by Gasteiger charge is -2.35. The van der Waals surface area contributed by atoms with Crippen LogP contribution in [-0.4, -0.2) is 107 Å². The highest BCUT2D eigenvalue weighted by Crippen LogP contribution is 2.48. The molecule has 3 N–H and O–H groups in total. The predicted octanol–water partition coefficient (Wildman–Crippen LogP) is 6.07. The molecule has 2 atom stereocenters. The van der Waals surface area contributed by atoms with Crippen LogP contribution in [0.15, 0.2) is 42.5 Å². The van der Waals surface area contributed by atoms with Gasteiger partial charge in [0.15, 0.2) is 5.82 Å². The number of carbonyl (C=O) groups is 3. The molecule has 16 heteroatoms. The predicted molar refractivity (Wildman–Crippen MR) is 197 cm³/mol. The van der Waals surface area contributed by atoms with Gasteiger partial charge in [-0.25, -0.2) is 9.78 Å². The summed E-state index contributed by atoms with van der Waals surface area (Å²) in [6, 6.07) is 13.1. The molecule has 1 saturated carbocycles. The van der Waals surface area contributed by atoms with Crippen LogP contribution >= 0.6 is 11.6 Å². The molecular weight excluding hydrogens is 727 g/mol. The number of alkyl halides is 3. The standard InChI is InChI=1S/C38H49ClF3N7O5/c1-36(2,3)54-35(52)49-16-14-48(15-17-49)18-20-53-19-6-13-43-32(50)27-12-11-26(21-30(27)39)24-7-9-25(10-8-24)28-22-29(28)33(51)44-23-31-45-34(47-46-31)37(4,5)38(40,41)42/h7-12,21,28-29H,6,13-20,22-23H2,1-5H3,(H,43,50)(H,44,51)(H,45,46,47)/t28-,29+/m1/s1. The average Bonchev–Trinajstić information content (AvgIpc) is 3.77. The molecule has 12 nitrogen and oxygen atoms in total. The van der Waals surface area contributed by atoms with Crippen LogP contribution in [0.3, 0.4) is 0 Å². The van der Waals surface area contributed by atoms with Crippen LogP contribution in [0.1, 0.15) is 80.9 Å². The largest absolute Gasteiger partial charge is 0.444 e. The first-order chi connectivity index (χ1) is 25.4. The number of hydrogen-bond acceptors (Lipinski definition) is 8. The van der Waals surface area contributed by atoms with Gasteiger partial charge in [-0.3, -0.25) is 19.6 Å². The number of H-pyrrole nitrogens is 1. The molecule has 0 spiro atoms. The first-order valence-electron chi connectivity index (χ1n) is 18.2. The first kappa shape index (κ1) is 41.0. The van der Waals surface area contributed by atoms with Gasteiger partial charge in [-0.15, -0.1) is 0 Å². The highest BCUT2D eigenvalue weighted by atomic mass is 35.5. The van der Waals surface area contributed by atoms with Gasteiger partial charge in [0.2, 0.25) is 5.91 Å². The molecule has 3 amide bonds. The molecule has 2 fully saturated rings. The second-order valence-corrected chi connectivity index (χ2v) is 15.6. The van der Waals surface area contributed by atoms with Crippen molar-refractivity contribution in [2.24, 2.45) is 5.92 Å². The fourth-order valence-corrected chi connectivity index (χ4v) is 6.25. The number of nitrogens with zero attached hydrogens (tertiary/aromatic N) is 4. The summed E-state index contributed by atoms with van der Waals surface area (Å²) < 4.78 is 51.1. The topological polar surface area (TPSA) is 142 Å². The summed E-state index contributed by atoms with van der Waals surface area (Å²) in [5.74, 6) is -0.907. The van der Waals surface area contributed by atoms with E-state index >= 15 is 0 Å². The van der Waals surface area contributed by atoms with Crippen molar-refractivity contribution < 1.29 is 37.0 Å². The molecule has 0 unspecified atom stereocenters. The van der Waals surface area contributed by atoms with Crippen molar-refractivity contribution in [1.82, 2.24) is 35.6 Å². The SMILES string of the molecule is CC(C)(C)OC(=O)N1CCN(CCOCCCNC(=O)c2ccc(-c3ccc([C@H]4C[C@@H]4C(=O)NCc4nc(C(C)(C)C(F)(F)F)n[nH]4)cc3)cc2Cl)CC1. The number of nitrogens with one attached hydrogen (secondary N) is 3. The number of rotatable bonds is 14.